The van der Waals surface area contributed by atoms with E-state index < -0.39 is 11.8 Å². The van der Waals surface area contributed by atoms with Crippen LogP contribution in [0.25, 0.3) is 0 Å². The third-order valence-corrected chi connectivity index (χ3v) is 4.09. The zero-order valence-corrected chi connectivity index (χ0v) is 10.0. The van der Waals surface area contributed by atoms with Crippen molar-refractivity contribution in [3.8, 4) is 0 Å². The van der Waals surface area contributed by atoms with Crippen LogP contribution in [0.15, 0.2) is 22.7 Å². The fourth-order valence-corrected chi connectivity index (χ4v) is 3.12. The summed E-state index contributed by atoms with van der Waals surface area (Å²) < 4.78 is 32.1. The lowest BCUT2D eigenvalue weighted by atomic mass is 9.82. The predicted molar refractivity (Wildman–Crippen MR) is 58.1 cm³/mol. The van der Waals surface area contributed by atoms with Crippen LogP contribution in [-0.2, 0) is 4.74 Å². The number of halogens is 3. The summed E-state index contributed by atoms with van der Waals surface area (Å²) >= 11 is 3.38. The molecule has 0 aliphatic heterocycles. The van der Waals surface area contributed by atoms with Crippen LogP contribution in [0.2, 0.25) is 0 Å². The van der Waals surface area contributed by atoms with Gasteiger partial charge in [0.1, 0.15) is 0 Å². The van der Waals surface area contributed by atoms with E-state index in [1.54, 1.807) is 7.11 Å². The van der Waals surface area contributed by atoms with Gasteiger partial charge >= 0.3 is 0 Å². The maximum atomic E-state index is 13.0. The quantitative estimate of drug-likeness (QED) is 0.768. The topological polar surface area (TPSA) is 9.23 Å². The van der Waals surface area contributed by atoms with Gasteiger partial charge in [-0.05, 0) is 12.8 Å². The molecule has 2 atom stereocenters. The van der Waals surface area contributed by atoms with Crippen molar-refractivity contribution in [3.63, 3.8) is 0 Å². The van der Waals surface area contributed by atoms with Gasteiger partial charge in [-0.15, -0.1) is 0 Å². The van der Waals surface area contributed by atoms with Crippen LogP contribution in [-0.4, -0.2) is 19.6 Å². The molecule has 2 unspecified atom stereocenters. The zero-order chi connectivity index (χ0) is 11.1. The molecule has 0 amide bonds. The molecule has 0 radical (unpaired) electrons. The highest BCUT2D eigenvalue weighted by Crippen LogP contribution is 2.61. The molecular weight excluding hydrogens is 266 g/mol. The lowest BCUT2D eigenvalue weighted by molar-refractivity contribution is -0.0102. The molecule has 0 bridgehead atoms. The number of ether oxygens (including phenoxy) is 1. The van der Waals surface area contributed by atoms with E-state index in [2.05, 4.69) is 15.9 Å². The number of hydrogen-bond acceptors (Lipinski definition) is 1. The molecule has 1 nitrogen and oxygen atoms in total. The maximum Gasteiger partial charge on any atom is 0.244 e. The Kier molecular flexibility index (Phi) is 2.99. The van der Waals surface area contributed by atoms with Gasteiger partial charge in [0.25, 0.3) is 0 Å². The molecule has 0 saturated heterocycles. The second-order valence-electron chi connectivity index (χ2n) is 4.15. The van der Waals surface area contributed by atoms with Crippen molar-refractivity contribution in [3.05, 3.63) is 22.7 Å². The van der Waals surface area contributed by atoms with E-state index in [0.717, 1.165) is 4.48 Å². The van der Waals surface area contributed by atoms with Gasteiger partial charge in [-0.25, -0.2) is 8.78 Å². The highest BCUT2D eigenvalue weighted by molar-refractivity contribution is 9.11. The lowest BCUT2D eigenvalue weighted by Gasteiger charge is -2.32. The molecule has 0 aromatic heterocycles. The minimum Gasteiger partial charge on any atom is -0.377 e. The summed E-state index contributed by atoms with van der Waals surface area (Å²) in [4.78, 5) is 0. The van der Waals surface area contributed by atoms with Gasteiger partial charge in [-0.2, -0.15) is 0 Å². The normalized spacial score (nSPS) is 33.0. The molecule has 0 spiro atoms. The van der Waals surface area contributed by atoms with E-state index in [1.165, 1.54) is 0 Å². The third-order valence-electron chi connectivity index (χ3n) is 3.34. The average Bonchev–Trinajstić information content (AvgIpc) is 2.98. The highest BCUT2D eigenvalue weighted by Gasteiger charge is 2.59. The first-order chi connectivity index (χ1) is 7.12. The standard InChI is InChI=1S/C11H13BrF2O/c1-15-8-4-2-3-7(12)9(8)11(5-6-11)10(13)14/h2-4,8-10H,5-6H2,1H3. The predicted octanol–water partition coefficient (Wildman–Crippen LogP) is 3.51. The van der Waals surface area contributed by atoms with Crippen LogP contribution in [0.4, 0.5) is 8.78 Å². The van der Waals surface area contributed by atoms with Crippen LogP contribution in [0, 0.1) is 11.3 Å². The third kappa shape index (κ3) is 1.78. The van der Waals surface area contributed by atoms with Crippen molar-refractivity contribution in [2.24, 2.45) is 11.3 Å². The smallest absolute Gasteiger partial charge is 0.244 e. The van der Waals surface area contributed by atoms with E-state index in [9.17, 15) is 8.78 Å². The van der Waals surface area contributed by atoms with Crippen molar-refractivity contribution in [2.45, 2.75) is 25.4 Å². The van der Waals surface area contributed by atoms with Crippen molar-refractivity contribution in [2.75, 3.05) is 7.11 Å². The summed E-state index contributed by atoms with van der Waals surface area (Å²) in [5.74, 6) is -0.229. The van der Waals surface area contributed by atoms with Gasteiger partial charge in [0.2, 0.25) is 6.43 Å². The summed E-state index contributed by atoms with van der Waals surface area (Å²) in [5, 5.41) is 0. The van der Waals surface area contributed by atoms with E-state index >= 15 is 0 Å². The molecule has 15 heavy (non-hydrogen) atoms. The Morgan fingerprint density at radius 2 is 2.20 bits per heavy atom. The van der Waals surface area contributed by atoms with Gasteiger partial charge < -0.3 is 4.74 Å². The largest absolute Gasteiger partial charge is 0.377 e. The van der Waals surface area contributed by atoms with Crippen molar-refractivity contribution < 1.29 is 13.5 Å². The number of hydrogen-bond donors (Lipinski definition) is 0. The molecule has 2 aliphatic rings. The van der Waals surface area contributed by atoms with E-state index in [0.29, 0.717) is 12.8 Å². The SMILES string of the molecule is COC1C=CC=C(Br)C1C1(C(F)F)CC1. The highest BCUT2D eigenvalue weighted by atomic mass is 79.9. The maximum absolute atomic E-state index is 13.0. The molecule has 2 aliphatic carbocycles. The van der Waals surface area contributed by atoms with E-state index in [4.69, 9.17) is 4.74 Å². The van der Waals surface area contributed by atoms with Crippen LogP contribution in [0.1, 0.15) is 12.8 Å². The first-order valence-electron chi connectivity index (χ1n) is 4.96. The Morgan fingerprint density at radius 1 is 1.53 bits per heavy atom. The Labute approximate surface area is 96.3 Å². The molecule has 0 N–H and O–H groups in total. The molecule has 1 fully saturated rings. The Morgan fingerprint density at radius 3 is 2.67 bits per heavy atom. The molecule has 84 valence electrons. The summed E-state index contributed by atoms with van der Waals surface area (Å²) in [6.45, 7) is 0. The summed E-state index contributed by atoms with van der Waals surface area (Å²) in [6, 6.07) is 0. The Hall–Kier alpha value is -0.220. The number of rotatable bonds is 3. The van der Waals surface area contributed by atoms with Gasteiger partial charge in [-0.1, -0.05) is 34.2 Å². The van der Waals surface area contributed by atoms with E-state index in [1.807, 2.05) is 18.2 Å². The monoisotopic (exact) mass is 278 g/mol. The number of methoxy groups -OCH3 is 1. The van der Waals surface area contributed by atoms with Crippen LogP contribution < -0.4 is 0 Å². The minimum atomic E-state index is -2.27. The van der Waals surface area contributed by atoms with Crippen LogP contribution in [0.5, 0.6) is 0 Å². The Bertz CT molecular complexity index is 308. The summed E-state index contributed by atoms with van der Waals surface area (Å²) in [5.41, 5.74) is -0.860. The van der Waals surface area contributed by atoms with Gasteiger partial charge in [0.15, 0.2) is 0 Å². The van der Waals surface area contributed by atoms with Gasteiger partial charge in [0, 0.05) is 22.9 Å². The number of allylic oxidation sites excluding steroid dienone is 2. The van der Waals surface area contributed by atoms with Crippen molar-refractivity contribution in [1.82, 2.24) is 0 Å². The van der Waals surface area contributed by atoms with Crippen molar-refractivity contribution >= 4 is 15.9 Å². The lowest BCUT2D eigenvalue weighted by Crippen LogP contribution is -2.35. The van der Waals surface area contributed by atoms with Gasteiger partial charge in [-0.3, -0.25) is 0 Å². The first kappa shape index (κ1) is 11.3. The second-order valence-corrected chi connectivity index (χ2v) is 5.06. The summed E-state index contributed by atoms with van der Waals surface area (Å²) in [6.07, 6.45) is 4.20. The molecule has 4 heteroatoms. The van der Waals surface area contributed by atoms with Crippen LogP contribution >= 0.6 is 15.9 Å². The first-order valence-corrected chi connectivity index (χ1v) is 5.76. The molecule has 2 rings (SSSR count). The molecule has 1 saturated carbocycles. The Balaban J connectivity index is 2.26. The van der Waals surface area contributed by atoms with E-state index in [-0.39, 0.29) is 12.0 Å². The second kappa shape index (κ2) is 3.98. The van der Waals surface area contributed by atoms with Crippen molar-refractivity contribution in [1.29, 1.82) is 0 Å². The average molecular weight is 279 g/mol. The minimum absolute atomic E-state index is 0.229. The summed E-state index contributed by atoms with van der Waals surface area (Å²) in [7, 11) is 1.56. The molecule has 0 aromatic carbocycles. The molecule has 0 aromatic rings. The fourth-order valence-electron chi connectivity index (χ4n) is 2.25. The molecule has 0 heterocycles. The zero-order valence-electron chi connectivity index (χ0n) is 8.42. The number of alkyl halides is 2. The van der Waals surface area contributed by atoms with Gasteiger partial charge in [0.05, 0.1) is 6.10 Å². The fraction of sp³-hybridized carbons (Fsp3) is 0.636. The molecular formula is C11H13BrF2O. The van der Waals surface area contributed by atoms with Crippen LogP contribution in [0.3, 0.4) is 0 Å².